The average Bonchev–Trinajstić information content (AvgIpc) is 2.84. The van der Waals surface area contributed by atoms with Crippen LogP contribution in [0.5, 0.6) is 5.75 Å². The van der Waals surface area contributed by atoms with Gasteiger partial charge in [0.1, 0.15) is 12.4 Å². The molecule has 0 saturated carbocycles. The summed E-state index contributed by atoms with van der Waals surface area (Å²) in [6, 6.07) is 17.7. The molecule has 0 spiro atoms. The molecule has 0 amide bonds. The summed E-state index contributed by atoms with van der Waals surface area (Å²) < 4.78 is 16.5. The lowest BCUT2D eigenvalue weighted by Crippen LogP contribution is -2.36. The second kappa shape index (κ2) is 10.7. The highest BCUT2D eigenvalue weighted by Crippen LogP contribution is 2.47. The average molecular weight is 462 g/mol. The van der Waals surface area contributed by atoms with E-state index in [1.807, 2.05) is 56.3 Å². The summed E-state index contributed by atoms with van der Waals surface area (Å²) in [5.74, 6) is -0.225. The van der Waals surface area contributed by atoms with Crippen molar-refractivity contribution in [2.75, 3.05) is 26.9 Å². The fourth-order valence-corrected chi connectivity index (χ4v) is 4.88. The van der Waals surface area contributed by atoms with Gasteiger partial charge in [0, 0.05) is 36.1 Å². The number of dihydropyridines is 1. The highest BCUT2D eigenvalue weighted by molar-refractivity contribution is 6.04. The van der Waals surface area contributed by atoms with Crippen molar-refractivity contribution < 1.29 is 23.8 Å². The smallest absolute Gasteiger partial charge is 0.336 e. The van der Waals surface area contributed by atoms with E-state index in [2.05, 4.69) is 17.4 Å². The molecule has 2 aromatic carbocycles. The molecule has 0 radical (unpaired) electrons. The van der Waals surface area contributed by atoms with E-state index in [1.165, 1.54) is 0 Å². The van der Waals surface area contributed by atoms with Gasteiger partial charge in [0.05, 0.1) is 24.7 Å². The summed E-state index contributed by atoms with van der Waals surface area (Å²) >= 11 is 0. The molecule has 1 aliphatic carbocycles. The summed E-state index contributed by atoms with van der Waals surface area (Å²) in [7, 11) is 1.56. The highest BCUT2D eigenvalue weighted by Gasteiger charge is 2.42. The first-order valence-electron chi connectivity index (χ1n) is 11.7. The van der Waals surface area contributed by atoms with Crippen LogP contribution >= 0.6 is 0 Å². The Morgan fingerprint density at radius 1 is 1.03 bits per heavy atom. The highest BCUT2D eigenvalue weighted by atomic mass is 16.6. The predicted molar refractivity (Wildman–Crippen MR) is 129 cm³/mol. The molecular formula is C28H31NO5. The number of hydrogen-bond acceptors (Lipinski definition) is 6. The van der Waals surface area contributed by atoms with Gasteiger partial charge >= 0.3 is 5.97 Å². The molecule has 2 aliphatic rings. The maximum Gasteiger partial charge on any atom is 0.336 e. The van der Waals surface area contributed by atoms with Crippen LogP contribution in [0, 0.1) is 0 Å². The first kappa shape index (κ1) is 23.8. The van der Waals surface area contributed by atoms with Crippen LogP contribution in [-0.4, -0.2) is 38.7 Å². The second-order valence-electron chi connectivity index (χ2n) is 8.53. The Bertz CT molecular complexity index is 1120. The van der Waals surface area contributed by atoms with E-state index in [0.29, 0.717) is 48.6 Å². The minimum atomic E-state index is -0.557. The number of carbonyl (C=O) groups is 2. The number of para-hydroxylation sites is 1. The van der Waals surface area contributed by atoms with Crippen LogP contribution in [0.4, 0.5) is 0 Å². The number of carbonyl (C=O) groups excluding carboxylic acids is 2. The number of Topliss-reactive ketones (excluding diaryl/α,β-unsaturated/α-hetero) is 1. The minimum absolute atomic E-state index is 0.0357. The van der Waals surface area contributed by atoms with E-state index in [1.54, 1.807) is 7.11 Å². The van der Waals surface area contributed by atoms with Gasteiger partial charge in [0.15, 0.2) is 5.78 Å². The zero-order chi connectivity index (χ0) is 24.1. The number of benzene rings is 2. The maximum atomic E-state index is 13.7. The van der Waals surface area contributed by atoms with Crippen LogP contribution in [0.25, 0.3) is 0 Å². The molecule has 4 rings (SSSR count). The number of methoxy groups -OCH3 is 1. The summed E-state index contributed by atoms with van der Waals surface area (Å²) in [6.45, 7) is 4.71. The Morgan fingerprint density at radius 3 is 2.50 bits per heavy atom. The van der Waals surface area contributed by atoms with Crippen molar-refractivity contribution >= 4 is 11.8 Å². The van der Waals surface area contributed by atoms with Crippen molar-refractivity contribution in [1.29, 1.82) is 0 Å². The van der Waals surface area contributed by atoms with Gasteiger partial charge in [-0.25, -0.2) is 4.79 Å². The molecule has 1 aliphatic heterocycles. The second-order valence-corrected chi connectivity index (χ2v) is 8.53. The fraction of sp³-hybridized carbons (Fsp3) is 0.357. The van der Waals surface area contributed by atoms with E-state index >= 15 is 0 Å². The van der Waals surface area contributed by atoms with Crippen molar-refractivity contribution in [2.24, 2.45) is 0 Å². The lowest BCUT2D eigenvalue weighted by atomic mass is 9.71. The van der Waals surface area contributed by atoms with Gasteiger partial charge in [-0.3, -0.25) is 4.79 Å². The number of nitrogens with one attached hydrogen (secondary N) is 1. The lowest BCUT2D eigenvalue weighted by molar-refractivity contribution is -0.140. The Morgan fingerprint density at radius 2 is 1.76 bits per heavy atom. The molecule has 178 valence electrons. The van der Waals surface area contributed by atoms with E-state index in [-0.39, 0.29) is 18.3 Å². The molecule has 0 bridgehead atoms. The number of ether oxygens (including phenoxy) is 3. The Hall–Kier alpha value is -3.38. The van der Waals surface area contributed by atoms with E-state index in [9.17, 15) is 9.59 Å². The van der Waals surface area contributed by atoms with Crippen LogP contribution in [-0.2, 0) is 19.1 Å². The topological polar surface area (TPSA) is 73.9 Å². The van der Waals surface area contributed by atoms with Crippen molar-refractivity contribution in [3.8, 4) is 5.75 Å². The van der Waals surface area contributed by atoms with Crippen LogP contribution in [0.3, 0.4) is 0 Å². The Labute approximate surface area is 200 Å². The molecule has 1 N–H and O–H groups in total. The third kappa shape index (κ3) is 4.77. The van der Waals surface area contributed by atoms with Gasteiger partial charge in [-0.15, -0.1) is 0 Å². The molecule has 0 aromatic heterocycles. The van der Waals surface area contributed by atoms with Gasteiger partial charge in [-0.05, 0) is 37.8 Å². The van der Waals surface area contributed by atoms with E-state index in [0.717, 1.165) is 16.8 Å². The lowest BCUT2D eigenvalue weighted by Gasteiger charge is -2.37. The molecule has 2 unspecified atom stereocenters. The first-order chi connectivity index (χ1) is 16.5. The molecule has 0 fully saturated rings. The van der Waals surface area contributed by atoms with Gasteiger partial charge < -0.3 is 19.5 Å². The summed E-state index contributed by atoms with van der Waals surface area (Å²) in [4.78, 5) is 26.9. The number of hydrogen-bond donors (Lipinski definition) is 1. The molecule has 6 nitrogen and oxygen atoms in total. The molecule has 34 heavy (non-hydrogen) atoms. The van der Waals surface area contributed by atoms with Crippen molar-refractivity contribution in [3.05, 3.63) is 88.3 Å². The minimum Gasteiger partial charge on any atom is -0.494 e. The molecular weight excluding hydrogens is 430 g/mol. The van der Waals surface area contributed by atoms with Crippen molar-refractivity contribution in [1.82, 2.24) is 5.32 Å². The molecule has 0 saturated heterocycles. The largest absolute Gasteiger partial charge is 0.494 e. The quantitative estimate of drug-likeness (QED) is 0.456. The normalized spacial score (nSPS) is 20.0. The van der Waals surface area contributed by atoms with Gasteiger partial charge in [-0.2, -0.15) is 0 Å². The molecule has 1 heterocycles. The van der Waals surface area contributed by atoms with E-state index < -0.39 is 11.9 Å². The summed E-state index contributed by atoms with van der Waals surface area (Å²) in [6.07, 6.45) is 1.09. The van der Waals surface area contributed by atoms with Gasteiger partial charge in [0.2, 0.25) is 0 Å². The molecule has 6 heteroatoms. The van der Waals surface area contributed by atoms with Crippen LogP contribution in [0.15, 0.2) is 77.1 Å². The standard InChI is InChI=1S/C28H31NO5/c1-4-33-24-13-9-8-12-21(24)26-25(28(31)34-15-14-32-3)18(2)29-22-16-20(17-23(30)27(22)26)19-10-6-5-7-11-19/h5-13,20,26,29H,4,14-17H2,1-3H3. The molecule has 2 atom stereocenters. The first-order valence-corrected chi connectivity index (χ1v) is 11.7. The van der Waals surface area contributed by atoms with Crippen molar-refractivity contribution in [2.45, 2.75) is 38.5 Å². The summed E-state index contributed by atoms with van der Waals surface area (Å²) in [5.41, 5.74) is 4.56. The van der Waals surface area contributed by atoms with Crippen LogP contribution in [0.2, 0.25) is 0 Å². The Balaban J connectivity index is 1.79. The van der Waals surface area contributed by atoms with Crippen LogP contribution in [0.1, 0.15) is 49.7 Å². The van der Waals surface area contributed by atoms with Crippen LogP contribution < -0.4 is 10.1 Å². The number of allylic oxidation sites excluding steroid dienone is 3. The fourth-order valence-electron chi connectivity index (χ4n) is 4.88. The third-order valence-electron chi connectivity index (χ3n) is 6.37. The van der Waals surface area contributed by atoms with Gasteiger partial charge in [-0.1, -0.05) is 48.5 Å². The number of rotatable bonds is 8. The number of esters is 1. The monoisotopic (exact) mass is 461 g/mol. The molecule has 2 aromatic rings. The SMILES string of the molecule is CCOc1ccccc1C1C(C(=O)OCCOC)=C(C)NC2=C1C(=O)CC(c1ccccc1)C2. The number of ketones is 1. The maximum absolute atomic E-state index is 13.7. The Kier molecular flexibility index (Phi) is 7.48. The van der Waals surface area contributed by atoms with Gasteiger partial charge in [0.25, 0.3) is 0 Å². The zero-order valence-electron chi connectivity index (χ0n) is 19.9. The zero-order valence-corrected chi connectivity index (χ0v) is 19.9. The van der Waals surface area contributed by atoms with Crippen molar-refractivity contribution in [3.63, 3.8) is 0 Å². The predicted octanol–water partition coefficient (Wildman–Crippen LogP) is 4.64. The van der Waals surface area contributed by atoms with E-state index in [4.69, 9.17) is 14.2 Å². The summed E-state index contributed by atoms with van der Waals surface area (Å²) in [5, 5.41) is 3.39. The third-order valence-corrected chi connectivity index (χ3v) is 6.37.